The summed E-state index contributed by atoms with van der Waals surface area (Å²) in [7, 11) is 0. The van der Waals surface area contributed by atoms with E-state index in [-0.39, 0.29) is 12.6 Å². The van der Waals surface area contributed by atoms with Crippen molar-refractivity contribution >= 4 is 28.6 Å². The van der Waals surface area contributed by atoms with Crippen LogP contribution in [0.25, 0.3) is 0 Å². The minimum atomic E-state index is -0.301. The van der Waals surface area contributed by atoms with Crippen molar-refractivity contribution in [2.45, 2.75) is 4.43 Å². The molecule has 74 valence electrons. The van der Waals surface area contributed by atoms with Crippen LogP contribution in [0, 0.1) is 0 Å². The fourth-order valence-electron chi connectivity index (χ4n) is 0.948. The van der Waals surface area contributed by atoms with Crippen LogP contribution in [0.1, 0.15) is 15.9 Å². The van der Waals surface area contributed by atoms with Gasteiger partial charge < -0.3 is 4.74 Å². The summed E-state index contributed by atoms with van der Waals surface area (Å²) in [6, 6.07) is 7.41. The topological polar surface area (TPSA) is 26.3 Å². The van der Waals surface area contributed by atoms with Gasteiger partial charge in [0, 0.05) is 4.43 Å². The van der Waals surface area contributed by atoms with E-state index < -0.39 is 0 Å². The average molecular weight is 302 g/mol. The highest BCUT2D eigenvalue weighted by molar-refractivity contribution is 14.1. The van der Waals surface area contributed by atoms with Crippen LogP contribution in [-0.2, 0) is 9.16 Å². The third kappa shape index (κ3) is 3.14. The lowest BCUT2D eigenvalue weighted by Gasteiger charge is -2.02. The van der Waals surface area contributed by atoms with E-state index in [2.05, 4.69) is 29.2 Å². The predicted octanol–water partition coefficient (Wildman–Crippen LogP) is 2.96. The summed E-state index contributed by atoms with van der Waals surface area (Å²) in [6.45, 7) is 3.73. The molecule has 0 N–H and O–H groups in total. The summed E-state index contributed by atoms with van der Waals surface area (Å²) >= 11 is 2.28. The lowest BCUT2D eigenvalue weighted by atomic mass is 10.1. The normalized spacial score (nSPS) is 9.50. The molecule has 2 nitrogen and oxygen atoms in total. The maximum absolute atomic E-state index is 11.3. The Hall–Kier alpha value is -0.840. The molecule has 1 aromatic carbocycles. The Morgan fingerprint density at radius 1 is 1.43 bits per heavy atom. The molecule has 3 heteroatoms. The molecule has 0 saturated carbocycles. The van der Waals surface area contributed by atoms with Crippen LogP contribution >= 0.6 is 22.6 Å². The van der Waals surface area contributed by atoms with Crippen molar-refractivity contribution < 1.29 is 9.53 Å². The van der Waals surface area contributed by atoms with E-state index in [0.29, 0.717) is 5.56 Å². The third-order valence-corrected chi connectivity index (χ3v) is 2.56. The fourth-order valence-corrected chi connectivity index (χ4v) is 1.46. The molecule has 0 aliphatic rings. The molecule has 14 heavy (non-hydrogen) atoms. The molecule has 0 radical (unpaired) electrons. The van der Waals surface area contributed by atoms with Crippen LogP contribution in [0.3, 0.4) is 0 Å². The number of halogens is 1. The Bertz CT molecular complexity index is 317. The van der Waals surface area contributed by atoms with Gasteiger partial charge in [0.25, 0.3) is 0 Å². The summed E-state index contributed by atoms with van der Waals surface area (Å²) in [4.78, 5) is 11.3. The first-order valence-corrected chi connectivity index (χ1v) is 5.73. The molecule has 0 bridgehead atoms. The second kappa shape index (κ2) is 5.80. The SMILES string of the molecule is C=CCOC(=O)c1ccc(CI)cc1. The van der Waals surface area contributed by atoms with Gasteiger partial charge in [-0.1, -0.05) is 47.4 Å². The van der Waals surface area contributed by atoms with E-state index >= 15 is 0 Å². The molecule has 1 aromatic rings. The van der Waals surface area contributed by atoms with Gasteiger partial charge in [0.15, 0.2) is 0 Å². The zero-order valence-electron chi connectivity index (χ0n) is 7.70. The van der Waals surface area contributed by atoms with Gasteiger partial charge >= 0.3 is 5.97 Å². The molecule has 0 aliphatic heterocycles. The van der Waals surface area contributed by atoms with Gasteiger partial charge in [0.1, 0.15) is 6.61 Å². The van der Waals surface area contributed by atoms with Crippen LogP contribution in [0.4, 0.5) is 0 Å². The van der Waals surface area contributed by atoms with Crippen LogP contribution < -0.4 is 0 Å². The number of hydrogen-bond donors (Lipinski definition) is 0. The number of benzene rings is 1. The molecule has 0 aliphatic carbocycles. The van der Waals surface area contributed by atoms with Crippen molar-refractivity contribution in [3.05, 3.63) is 48.0 Å². The van der Waals surface area contributed by atoms with Crippen molar-refractivity contribution in [1.29, 1.82) is 0 Å². The monoisotopic (exact) mass is 302 g/mol. The Kier molecular flexibility index (Phi) is 4.65. The number of alkyl halides is 1. The molecule has 0 fully saturated rings. The molecule has 0 unspecified atom stereocenters. The first-order valence-electron chi connectivity index (χ1n) is 4.21. The zero-order valence-corrected chi connectivity index (χ0v) is 9.86. The molecule has 0 heterocycles. The number of rotatable bonds is 4. The average Bonchev–Trinajstić information content (AvgIpc) is 2.26. The summed E-state index contributed by atoms with van der Waals surface area (Å²) in [5.74, 6) is -0.301. The van der Waals surface area contributed by atoms with Gasteiger partial charge in [-0.2, -0.15) is 0 Å². The van der Waals surface area contributed by atoms with Crippen molar-refractivity contribution in [1.82, 2.24) is 0 Å². The van der Waals surface area contributed by atoms with Gasteiger partial charge in [0.2, 0.25) is 0 Å². The largest absolute Gasteiger partial charge is 0.458 e. The molecular formula is C11H11IO2. The molecule has 0 aromatic heterocycles. The standard InChI is InChI=1S/C11H11IO2/c1-2-7-14-11(13)10-5-3-9(8-12)4-6-10/h2-6H,1,7-8H2. The number of carbonyl (C=O) groups excluding carboxylic acids is 1. The minimum Gasteiger partial charge on any atom is -0.458 e. The maximum atomic E-state index is 11.3. The minimum absolute atomic E-state index is 0.257. The third-order valence-electron chi connectivity index (χ3n) is 1.68. The lowest BCUT2D eigenvalue weighted by Crippen LogP contribution is -2.04. The second-order valence-electron chi connectivity index (χ2n) is 2.72. The van der Waals surface area contributed by atoms with Crippen LogP contribution in [0.2, 0.25) is 0 Å². The number of hydrogen-bond acceptors (Lipinski definition) is 2. The van der Waals surface area contributed by atoms with E-state index in [4.69, 9.17) is 4.74 Å². The van der Waals surface area contributed by atoms with Crippen molar-refractivity contribution in [3.8, 4) is 0 Å². The second-order valence-corrected chi connectivity index (χ2v) is 3.48. The van der Waals surface area contributed by atoms with Crippen LogP contribution in [0.5, 0.6) is 0 Å². The van der Waals surface area contributed by atoms with Gasteiger partial charge in [-0.3, -0.25) is 0 Å². The van der Waals surface area contributed by atoms with Gasteiger partial charge in [-0.25, -0.2) is 4.79 Å². The summed E-state index contributed by atoms with van der Waals surface area (Å²) in [6.07, 6.45) is 1.55. The first-order chi connectivity index (χ1) is 6.77. The van der Waals surface area contributed by atoms with E-state index in [1.54, 1.807) is 18.2 Å². The Morgan fingerprint density at radius 2 is 2.07 bits per heavy atom. The van der Waals surface area contributed by atoms with Gasteiger partial charge in [-0.15, -0.1) is 0 Å². The number of carbonyl (C=O) groups is 1. The first kappa shape index (κ1) is 11.2. The Morgan fingerprint density at radius 3 is 2.57 bits per heavy atom. The van der Waals surface area contributed by atoms with E-state index in [1.807, 2.05) is 12.1 Å². The van der Waals surface area contributed by atoms with Crippen molar-refractivity contribution in [2.75, 3.05) is 6.61 Å². The fraction of sp³-hybridized carbons (Fsp3) is 0.182. The maximum Gasteiger partial charge on any atom is 0.338 e. The molecule has 0 saturated heterocycles. The van der Waals surface area contributed by atoms with Gasteiger partial charge in [0.05, 0.1) is 5.56 Å². The predicted molar refractivity (Wildman–Crippen MR) is 64.6 cm³/mol. The zero-order chi connectivity index (χ0) is 10.4. The summed E-state index contributed by atoms with van der Waals surface area (Å²) < 4.78 is 5.84. The lowest BCUT2D eigenvalue weighted by molar-refractivity contribution is 0.0550. The Balaban J connectivity index is 2.66. The van der Waals surface area contributed by atoms with Crippen LogP contribution in [-0.4, -0.2) is 12.6 Å². The highest BCUT2D eigenvalue weighted by atomic mass is 127. The highest BCUT2D eigenvalue weighted by Crippen LogP contribution is 2.09. The molecular weight excluding hydrogens is 291 g/mol. The van der Waals surface area contributed by atoms with E-state index in [1.165, 1.54) is 5.56 Å². The molecule has 0 atom stereocenters. The highest BCUT2D eigenvalue weighted by Gasteiger charge is 2.04. The van der Waals surface area contributed by atoms with Crippen molar-refractivity contribution in [3.63, 3.8) is 0 Å². The Labute approximate surface area is 97.1 Å². The molecule has 0 amide bonds. The van der Waals surface area contributed by atoms with Crippen molar-refractivity contribution in [2.24, 2.45) is 0 Å². The van der Waals surface area contributed by atoms with Crippen LogP contribution in [0.15, 0.2) is 36.9 Å². The quantitative estimate of drug-likeness (QED) is 0.370. The van der Waals surface area contributed by atoms with E-state index in [0.717, 1.165) is 4.43 Å². The molecule has 0 spiro atoms. The number of esters is 1. The summed E-state index contributed by atoms with van der Waals surface area (Å²) in [5, 5.41) is 0. The van der Waals surface area contributed by atoms with E-state index in [9.17, 15) is 4.79 Å². The van der Waals surface area contributed by atoms with Gasteiger partial charge in [-0.05, 0) is 17.7 Å². The molecule has 1 rings (SSSR count). The summed E-state index contributed by atoms with van der Waals surface area (Å²) in [5.41, 5.74) is 1.78. The number of ether oxygens (including phenoxy) is 1. The smallest absolute Gasteiger partial charge is 0.338 e.